The molecule has 0 radical (unpaired) electrons. The summed E-state index contributed by atoms with van der Waals surface area (Å²) in [6.07, 6.45) is 0. The van der Waals surface area contributed by atoms with Crippen LogP contribution >= 0.6 is 0 Å². The summed E-state index contributed by atoms with van der Waals surface area (Å²) in [5, 5.41) is 9.35. The van der Waals surface area contributed by atoms with E-state index in [1.165, 1.54) is 29.8 Å². The van der Waals surface area contributed by atoms with E-state index in [0.717, 1.165) is 4.90 Å². The summed E-state index contributed by atoms with van der Waals surface area (Å²) in [6, 6.07) is 7.70. The number of pyridine rings is 1. The molecule has 0 aliphatic carbocycles. The topological polar surface area (TPSA) is 96.7 Å². The van der Waals surface area contributed by atoms with E-state index in [1.54, 1.807) is 19.1 Å². The first-order valence-electron chi connectivity index (χ1n) is 7.21. The van der Waals surface area contributed by atoms with Crippen molar-refractivity contribution in [3.8, 4) is 0 Å². The fourth-order valence-electron chi connectivity index (χ4n) is 2.76. The molecule has 0 spiro atoms. The molecule has 7 nitrogen and oxygen atoms in total. The number of aromatic nitrogens is 1. The van der Waals surface area contributed by atoms with Gasteiger partial charge < -0.3 is 9.67 Å². The average molecular weight is 326 g/mol. The van der Waals surface area contributed by atoms with Crippen LogP contribution in [0.3, 0.4) is 0 Å². The number of benzene rings is 1. The first-order chi connectivity index (χ1) is 11.3. The van der Waals surface area contributed by atoms with Crippen LogP contribution in [0.1, 0.15) is 42.3 Å². The van der Waals surface area contributed by atoms with Gasteiger partial charge in [-0.15, -0.1) is 0 Å². The van der Waals surface area contributed by atoms with Gasteiger partial charge in [0.25, 0.3) is 17.4 Å². The minimum absolute atomic E-state index is 0.0925. The van der Waals surface area contributed by atoms with Gasteiger partial charge in [0, 0.05) is 12.7 Å². The lowest BCUT2D eigenvalue weighted by Gasteiger charge is -2.16. The van der Waals surface area contributed by atoms with Crippen molar-refractivity contribution in [2.75, 3.05) is 0 Å². The van der Waals surface area contributed by atoms with Crippen LogP contribution in [-0.2, 0) is 13.6 Å². The molecule has 1 aromatic carbocycles. The number of nitrogens with zero attached hydrogens (tertiary/aromatic N) is 2. The largest absolute Gasteiger partial charge is 0.478 e. The first-order valence-corrected chi connectivity index (χ1v) is 7.21. The van der Waals surface area contributed by atoms with Crippen LogP contribution in [0.25, 0.3) is 0 Å². The molecule has 0 saturated carbocycles. The lowest BCUT2D eigenvalue weighted by Crippen LogP contribution is -2.35. The third-order valence-corrected chi connectivity index (χ3v) is 4.20. The Balaban J connectivity index is 2.09. The Bertz CT molecular complexity index is 923. The summed E-state index contributed by atoms with van der Waals surface area (Å²) in [4.78, 5) is 49.6. The first kappa shape index (κ1) is 15.7. The number of hydrogen-bond acceptors (Lipinski definition) is 4. The SMILES string of the molecule is Cc1cc(C(=O)O)c(CN2C(=O)c3ccccc3C2=O)c(=O)n1C. The maximum absolute atomic E-state index is 12.4. The molecule has 1 aliphatic heterocycles. The number of carbonyl (C=O) groups is 3. The number of hydrogen-bond donors (Lipinski definition) is 1. The molecule has 1 aliphatic rings. The van der Waals surface area contributed by atoms with Crippen molar-refractivity contribution in [3.63, 3.8) is 0 Å². The molecule has 1 aromatic heterocycles. The number of imide groups is 1. The molecule has 7 heteroatoms. The van der Waals surface area contributed by atoms with Crippen LogP contribution in [0.2, 0.25) is 0 Å². The Labute approximate surface area is 136 Å². The van der Waals surface area contributed by atoms with E-state index in [2.05, 4.69) is 0 Å². The van der Waals surface area contributed by atoms with Crippen molar-refractivity contribution in [1.29, 1.82) is 0 Å². The summed E-state index contributed by atoms with van der Waals surface area (Å²) in [5.41, 5.74) is 0.149. The maximum Gasteiger partial charge on any atom is 0.336 e. The summed E-state index contributed by atoms with van der Waals surface area (Å²) in [5.74, 6) is -2.34. The third-order valence-electron chi connectivity index (χ3n) is 4.20. The van der Waals surface area contributed by atoms with Crippen molar-refractivity contribution in [2.45, 2.75) is 13.5 Å². The second kappa shape index (κ2) is 5.45. The van der Waals surface area contributed by atoms with Crippen LogP contribution < -0.4 is 5.56 Å². The minimum atomic E-state index is -1.28. The van der Waals surface area contributed by atoms with Crippen LogP contribution in [-0.4, -0.2) is 32.4 Å². The predicted molar refractivity (Wildman–Crippen MR) is 84.0 cm³/mol. The Hall–Kier alpha value is -3.22. The van der Waals surface area contributed by atoms with Crippen LogP contribution in [0.5, 0.6) is 0 Å². The fourth-order valence-corrected chi connectivity index (χ4v) is 2.76. The van der Waals surface area contributed by atoms with Crippen LogP contribution in [0.4, 0.5) is 0 Å². The Kier molecular flexibility index (Phi) is 3.56. The van der Waals surface area contributed by atoms with Gasteiger partial charge >= 0.3 is 5.97 Å². The standard InChI is InChI=1S/C17H14N2O5/c1-9-7-12(17(23)24)13(14(20)18(9)2)8-19-15(21)10-5-3-4-6-11(10)16(19)22/h3-7H,8H2,1-2H3,(H,23,24). The van der Waals surface area contributed by atoms with E-state index in [0.29, 0.717) is 5.69 Å². The smallest absolute Gasteiger partial charge is 0.336 e. The van der Waals surface area contributed by atoms with Crippen molar-refractivity contribution < 1.29 is 19.5 Å². The number of aryl methyl sites for hydroxylation is 1. The van der Waals surface area contributed by atoms with E-state index in [1.807, 2.05) is 0 Å². The molecule has 2 amide bonds. The van der Waals surface area contributed by atoms with Gasteiger partial charge in [-0.2, -0.15) is 0 Å². The number of carboxylic acid groups (broad SMARTS) is 1. The molecular weight excluding hydrogens is 312 g/mol. The molecule has 2 heterocycles. The minimum Gasteiger partial charge on any atom is -0.478 e. The van der Waals surface area contributed by atoms with E-state index in [4.69, 9.17) is 0 Å². The van der Waals surface area contributed by atoms with Gasteiger partial charge in [-0.3, -0.25) is 19.3 Å². The Morgan fingerprint density at radius 2 is 1.62 bits per heavy atom. The van der Waals surface area contributed by atoms with E-state index >= 15 is 0 Å². The van der Waals surface area contributed by atoms with Crippen LogP contribution in [0, 0.1) is 6.92 Å². The van der Waals surface area contributed by atoms with Crippen LogP contribution in [0.15, 0.2) is 35.1 Å². The van der Waals surface area contributed by atoms with Gasteiger partial charge in [-0.05, 0) is 25.1 Å². The normalized spacial score (nSPS) is 13.3. The van der Waals surface area contributed by atoms with E-state index in [-0.39, 0.29) is 28.8 Å². The zero-order valence-corrected chi connectivity index (χ0v) is 13.1. The highest BCUT2D eigenvalue weighted by Crippen LogP contribution is 2.24. The zero-order chi connectivity index (χ0) is 17.6. The molecule has 0 fully saturated rings. The predicted octanol–water partition coefficient (Wildman–Crippen LogP) is 1.19. The quantitative estimate of drug-likeness (QED) is 0.855. The molecule has 1 N–H and O–H groups in total. The van der Waals surface area contributed by atoms with Gasteiger partial charge in [0.05, 0.1) is 28.8 Å². The van der Waals surface area contributed by atoms with Gasteiger partial charge in [0.15, 0.2) is 0 Å². The average Bonchev–Trinajstić information content (AvgIpc) is 2.80. The van der Waals surface area contributed by atoms with Gasteiger partial charge in [0.2, 0.25) is 0 Å². The Morgan fingerprint density at radius 3 is 2.12 bits per heavy atom. The van der Waals surface area contributed by atoms with Gasteiger partial charge in [-0.25, -0.2) is 4.79 Å². The third kappa shape index (κ3) is 2.21. The number of rotatable bonds is 3. The van der Waals surface area contributed by atoms with E-state index < -0.39 is 23.3 Å². The highest BCUT2D eigenvalue weighted by molar-refractivity contribution is 6.21. The monoisotopic (exact) mass is 326 g/mol. The summed E-state index contributed by atoms with van der Waals surface area (Å²) < 4.78 is 1.29. The molecule has 2 aromatic rings. The van der Waals surface area contributed by atoms with Gasteiger partial charge in [0.1, 0.15) is 0 Å². The van der Waals surface area contributed by atoms with Crippen molar-refractivity contribution in [3.05, 3.63) is 68.6 Å². The molecule has 3 rings (SSSR count). The number of aromatic carboxylic acids is 1. The number of carbonyl (C=O) groups excluding carboxylic acids is 2. The summed E-state index contributed by atoms with van der Waals surface area (Å²) in [7, 11) is 1.51. The van der Waals surface area contributed by atoms with Crippen molar-refractivity contribution >= 4 is 17.8 Å². The zero-order valence-electron chi connectivity index (χ0n) is 13.1. The lowest BCUT2D eigenvalue weighted by molar-refractivity contribution is 0.0626. The fraction of sp³-hybridized carbons (Fsp3) is 0.176. The number of fused-ring (bicyclic) bond motifs is 1. The second-order valence-corrected chi connectivity index (χ2v) is 5.59. The van der Waals surface area contributed by atoms with Crippen molar-refractivity contribution in [2.24, 2.45) is 7.05 Å². The van der Waals surface area contributed by atoms with E-state index in [9.17, 15) is 24.3 Å². The molecule has 0 bridgehead atoms. The summed E-state index contributed by atoms with van der Waals surface area (Å²) >= 11 is 0. The highest BCUT2D eigenvalue weighted by atomic mass is 16.4. The lowest BCUT2D eigenvalue weighted by atomic mass is 10.1. The Morgan fingerprint density at radius 1 is 1.08 bits per heavy atom. The molecule has 0 atom stereocenters. The maximum atomic E-state index is 12.4. The molecule has 122 valence electrons. The number of carboxylic acids is 1. The molecule has 0 unspecified atom stereocenters. The molecule has 0 saturated heterocycles. The molecule has 24 heavy (non-hydrogen) atoms. The summed E-state index contributed by atoms with van der Waals surface area (Å²) in [6.45, 7) is 1.24. The number of amides is 2. The van der Waals surface area contributed by atoms with Crippen molar-refractivity contribution in [1.82, 2.24) is 9.47 Å². The molecular formula is C17H14N2O5. The van der Waals surface area contributed by atoms with Gasteiger partial charge in [-0.1, -0.05) is 12.1 Å². The second-order valence-electron chi connectivity index (χ2n) is 5.59. The highest BCUT2D eigenvalue weighted by Gasteiger charge is 2.36.